The number of pyridine rings is 1. The van der Waals surface area contributed by atoms with Crippen LogP contribution in [0.2, 0.25) is 0 Å². The molecule has 0 spiro atoms. The Morgan fingerprint density at radius 2 is 1.81 bits per heavy atom. The first-order valence-corrected chi connectivity index (χ1v) is 19.6. The normalized spacial score (nSPS) is 22.8. The molecule has 14 nitrogen and oxygen atoms in total. The summed E-state index contributed by atoms with van der Waals surface area (Å²) in [6, 6.07) is 12.6. The van der Waals surface area contributed by atoms with E-state index in [1.54, 1.807) is 31.3 Å². The Labute approximate surface area is 335 Å². The molecule has 2 aliphatic heterocycles. The maximum atomic E-state index is 16.1. The average molecular weight is 815 g/mol. The van der Waals surface area contributed by atoms with Gasteiger partial charge in [-0.15, -0.1) is 0 Å². The third-order valence-electron chi connectivity index (χ3n) is 12.1. The quantitative estimate of drug-likeness (QED) is 0.153. The predicted molar refractivity (Wildman–Crippen MR) is 209 cm³/mol. The van der Waals surface area contributed by atoms with E-state index in [0.29, 0.717) is 40.8 Å². The number of imide groups is 1. The van der Waals surface area contributed by atoms with Gasteiger partial charge in [0.1, 0.15) is 29.7 Å². The van der Waals surface area contributed by atoms with E-state index in [0.717, 1.165) is 50.0 Å². The molecule has 0 radical (unpaired) electrons. The van der Waals surface area contributed by atoms with Gasteiger partial charge in [0, 0.05) is 44.2 Å². The number of aryl methyl sites for hydroxylation is 1. The van der Waals surface area contributed by atoms with Crippen molar-refractivity contribution in [3.8, 4) is 6.07 Å². The van der Waals surface area contributed by atoms with Gasteiger partial charge in [0.15, 0.2) is 0 Å². The summed E-state index contributed by atoms with van der Waals surface area (Å²) in [7, 11) is 3.61. The van der Waals surface area contributed by atoms with E-state index in [1.807, 2.05) is 35.0 Å². The fourth-order valence-corrected chi connectivity index (χ4v) is 9.02. The Balaban J connectivity index is 0.883. The van der Waals surface area contributed by atoms with Crippen molar-refractivity contribution in [2.45, 2.75) is 75.4 Å². The lowest BCUT2D eigenvalue weighted by atomic mass is 9.85. The average Bonchev–Trinajstić information content (AvgIpc) is 3.74. The molecule has 5 aromatic rings. The SMILES string of the molecule is CN(CC1CCC(n2cc3cc(NC(=O)c4cccc(C(F)(F)F)n4)c(C#N)cc3n2)CC1)[C@@H]1CCN(c2cccc3c2n(C)c(=O)n3C2CCC(=O)NC2=O)C[C@@H]1F. The number of para-hydroxylation sites is 1. The molecular weight excluding hydrogens is 773 g/mol. The van der Waals surface area contributed by atoms with Crippen LogP contribution in [-0.4, -0.2) is 85.4 Å². The van der Waals surface area contributed by atoms with Crippen molar-refractivity contribution in [3.63, 3.8) is 0 Å². The van der Waals surface area contributed by atoms with Crippen molar-refractivity contribution < 1.29 is 31.9 Å². The number of nitrogens with zero attached hydrogens (tertiary/aromatic N) is 8. The number of halogens is 4. The van der Waals surface area contributed by atoms with Crippen LogP contribution in [0.5, 0.6) is 0 Å². The van der Waals surface area contributed by atoms with Gasteiger partial charge in [0.05, 0.1) is 46.1 Å². The van der Waals surface area contributed by atoms with Crippen LogP contribution in [0.3, 0.4) is 0 Å². The molecule has 3 atom stereocenters. The number of imidazole rings is 1. The highest BCUT2D eigenvalue weighted by atomic mass is 19.4. The zero-order chi connectivity index (χ0) is 41.7. The van der Waals surface area contributed by atoms with Crippen molar-refractivity contribution in [3.05, 3.63) is 82.2 Å². The second-order valence-electron chi connectivity index (χ2n) is 15.8. The third-order valence-corrected chi connectivity index (χ3v) is 12.1. The first-order valence-electron chi connectivity index (χ1n) is 19.6. The first kappa shape index (κ1) is 39.7. The summed E-state index contributed by atoms with van der Waals surface area (Å²) in [4.78, 5) is 58.3. The van der Waals surface area contributed by atoms with E-state index in [1.165, 1.54) is 15.2 Å². The molecule has 3 aromatic heterocycles. The van der Waals surface area contributed by atoms with Crippen LogP contribution in [0.1, 0.15) is 78.8 Å². The second kappa shape index (κ2) is 15.6. The highest BCUT2D eigenvalue weighted by molar-refractivity contribution is 6.05. The predicted octanol–water partition coefficient (Wildman–Crippen LogP) is 5.49. The van der Waals surface area contributed by atoms with Gasteiger partial charge in [-0.25, -0.2) is 14.2 Å². The van der Waals surface area contributed by atoms with E-state index >= 15 is 4.39 Å². The van der Waals surface area contributed by atoms with E-state index in [-0.39, 0.29) is 54.3 Å². The van der Waals surface area contributed by atoms with Crippen LogP contribution in [0.25, 0.3) is 21.9 Å². The van der Waals surface area contributed by atoms with Crippen molar-refractivity contribution in [2.75, 3.05) is 36.9 Å². The molecule has 2 saturated heterocycles. The number of nitriles is 1. The van der Waals surface area contributed by atoms with Gasteiger partial charge in [0.25, 0.3) is 5.91 Å². The van der Waals surface area contributed by atoms with Crippen molar-refractivity contribution in [1.29, 1.82) is 5.26 Å². The largest absolute Gasteiger partial charge is 0.433 e. The number of piperidine rings is 2. The lowest BCUT2D eigenvalue weighted by Gasteiger charge is -2.42. The van der Waals surface area contributed by atoms with Crippen LogP contribution in [0.4, 0.5) is 28.9 Å². The van der Waals surface area contributed by atoms with Gasteiger partial charge < -0.3 is 15.1 Å². The number of anilines is 2. The Morgan fingerprint density at radius 3 is 2.53 bits per heavy atom. The number of hydrogen-bond donors (Lipinski definition) is 2. The molecule has 1 aliphatic carbocycles. The second-order valence-corrected chi connectivity index (χ2v) is 15.8. The van der Waals surface area contributed by atoms with Crippen LogP contribution in [0.15, 0.2) is 59.5 Å². The Kier molecular flexibility index (Phi) is 10.5. The minimum Gasteiger partial charge on any atom is -0.367 e. The van der Waals surface area contributed by atoms with Gasteiger partial charge in [-0.3, -0.25) is 33.5 Å². The highest BCUT2D eigenvalue weighted by Gasteiger charge is 2.37. The maximum absolute atomic E-state index is 16.1. The van der Waals surface area contributed by atoms with Crippen LogP contribution in [0, 0.1) is 17.2 Å². The van der Waals surface area contributed by atoms with Gasteiger partial charge in [-0.1, -0.05) is 12.1 Å². The number of carbonyl (C=O) groups excluding carboxylic acids is 3. The fraction of sp³-hybridized carbons (Fsp3) is 0.439. The number of alkyl halides is 4. The number of hydrogen-bond acceptors (Lipinski definition) is 9. The van der Waals surface area contributed by atoms with Crippen molar-refractivity contribution in [1.82, 2.24) is 34.1 Å². The molecular formula is C41H42F4N10O4. The summed E-state index contributed by atoms with van der Waals surface area (Å²) in [5.74, 6) is -1.40. The topological polar surface area (TPSA) is 163 Å². The summed E-state index contributed by atoms with van der Waals surface area (Å²) < 4.78 is 60.4. The molecule has 3 aliphatic rings. The molecule has 1 saturated carbocycles. The first-order chi connectivity index (χ1) is 28.2. The fourth-order valence-electron chi connectivity index (χ4n) is 9.02. The third kappa shape index (κ3) is 7.66. The standard InChI is InChI=1S/C41H42F4N10O4/c1-51(31-15-16-53(22-27(31)42)32-6-4-7-33-37(32)52(2)40(59)55(33)34-13-14-36(56)49-39(34)58)20-23-9-11-26(12-10-23)54-21-25-18-29(24(19-46)17-30(25)50-54)48-38(57)28-5-3-8-35(47-28)41(43,44)45/h3-8,17-18,21,23,26-27,31,34H,9-16,20,22H2,1-2H3,(H,48,57)(H,49,56,58)/t23?,26?,27-,31+,34?/m0/s1. The molecule has 0 bridgehead atoms. The smallest absolute Gasteiger partial charge is 0.367 e. The van der Waals surface area contributed by atoms with E-state index < -0.39 is 41.6 Å². The summed E-state index contributed by atoms with van der Waals surface area (Å²) >= 11 is 0. The number of rotatable bonds is 8. The van der Waals surface area contributed by atoms with Crippen LogP contribution >= 0.6 is 0 Å². The molecule has 8 rings (SSSR count). The summed E-state index contributed by atoms with van der Waals surface area (Å²) in [5, 5.41) is 20.0. The van der Waals surface area contributed by atoms with Gasteiger partial charge in [-0.05, 0) is 87.9 Å². The minimum absolute atomic E-state index is 0.0857. The molecule has 3 amide bonds. The number of nitrogens with one attached hydrogen (secondary N) is 2. The molecule has 59 heavy (non-hydrogen) atoms. The molecule has 2 aromatic carbocycles. The van der Waals surface area contributed by atoms with Crippen molar-refractivity contribution >= 4 is 51.0 Å². The molecule has 2 N–H and O–H groups in total. The lowest BCUT2D eigenvalue weighted by molar-refractivity contribution is -0.141. The van der Waals surface area contributed by atoms with E-state index in [9.17, 15) is 37.6 Å². The molecule has 1 unspecified atom stereocenters. The molecule has 3 fully saturated rings. The molecule has 5 heterocycles. The zero-order valence-corrected chi connectivity index (χ0v) is 32.4. The highest BCUT2D eigenvalue weighted by Crippen LogP contribution is 2.36. The van der Waals surface area contributed by atoms with Gasteiger partial charge >= 0.3 is 11.9 Å². The number of benzene rings is 2. The number of aromatic nitrogens is 5. The molecule has 308 valence electrons. The van der Waals surface area contributed by atoms with Gasteiger partial charge in [0.2, 0.25) is 11.8 Å². The summed E-state index contributed by atoms with van der Waals surface area (Å²) in [5.41, 5.74) is 0.698. The Hall–Kier alpha value is -6.09. The van der Waals surface area contributed by atoms with E-state index in [2.05, 4.69) is 20.5 Å². The minimum atomic E-state index is -4.71. The number of amides is 3. The van der Waals surface area contributed by atoms with Crippen LogP contribution in [-0.2, 0) is 22.8 Å². The number of carbonyl (C=O) groups is 3. The Morgan fingerprint density at radius 1 is 1.05 bits per heavy atom. The van der Waals surface area contributed by atoms with Crippen LogP contribution < -0.4 is 21.2 Å². The maximum Gasteiger partial charge on any atom is 0.433 e. The lowest BCUT2D eigenvalue weighted by Crippen LogP contribution is -2.52. The zero-order valence-electron chi connectivity index (χ0n) is 32.4. The van der Waals surface area contributed by atoms with Crippen molar-refractivity contribution in [2.24, 2.45) is 13.0 Å². The summed E-state index contributed by atoms with van der Waals surface area (Å²) in [6.45, 7) is 1.45. The van der Waals surface area contributed by atoms with Gasteiger partial charge in [-0.2, -0.15) is 23.5 Å². The summed E-state index contributed by atoms with van der Waals surface area (Å²) in [6.07, 6.45) is 0.388. The Bertz CT molecular complexity index is 2570. The molecule has 18 heteroatoms. The number of fused-ring (bicyclic) bond motifs is 2. The monoisotopic (exact) mass is 814 g/mol. The van der Waals surface area contributed by atoms with E-state index in [4.69, 9.17) is 5.10 Å².